The van der Waals surface area contributed by atoms with Crippen LogP contribution in [0.4, 0.5) is 0 Å². The number of benzene rings is 1. The zero-order valence-corrected chi connectivity index (χ0v) is 10.8. The van der Waals surface area contributed by atoms with E-state index in [0.29, 0.717) is 29.3 Å². The first-order valence-electron chi connectivity index (χ1n) is 5.93. The molecule has 2 rings (SSSR count). The fraction of sp³-hybridized carbons (Fsp3) is 0.286. The molecule has 0 aliphatic rings. The van der Waals surface area contributed by atoms with Gasteiger partial charge in [-0.3, -0.25) is 4.79 Å². The molecule has 4 nitrogen and oxygen atoms in total. The van der Waals surface area contributed by atoms with Crippen molar-refractivity contribution in [1.82, 2.24) is 9.78 Å². The van der Waals surface area contributed by atoms with Gasteiger partial charge in [0, 0.05) is 13.5 Å². The minimum absolute atomic E-state index is 0. The van der Waals surface area contributed by atoms with Gasteiger partial charge in [0.2, 0.25) is 5.88 Å². The third-order valence-corrected chi connectivity index (χ3v) is 2.73. The van der Waals surface area contributed by atoms with Crippen LogP contribution < -0.4 is 4.74 Å². The zero-order valence-electron chi connectivity index (χ0n) is 10.8. The number of ketones is 1. The summed E-state index contributed by atoms with van der Waals surface area (Å²) >= 11 is 0. The summed E-state index contributed by atoms with van der Waals surface area (Å²) in [5.41, 5.74) is 1.28. The Balaban J connectivity index is 0.00000180. The van der Waals surface area contributed by atoms with Gasteiger partial charge in [0.1, 0.15) is 11.3 Å². The topological polar surface area (TPSA) is 44.1 Å². The van der Waals surface area contributed by atoms with Crippen molar-refractivity contribution >= 4 is 35.3 Å². The molecular weight excluding hydrogens is 251 g/mol. The summed E-state index contributed by atoms with van der Waals surface area (Å²) in [4.78, 5) is 11.9. The zero-order chi connectivity index (χ0) is 13.1. The second kappa shape index (κ2) is 6.89. The first kappa shape index (κ1) is 16.0. The van der Waals surface area contributed by atoms with E-state index in [0.717, 1.165) is 0 Å². The third-order valence-electron chi connectivity index (χ3n) is 2.73. The van der Waals surface area contributed by atoms with E-state index in [1.54, 1.807) is 11.7 Å². The van der Waals surface area contributed by atoms with E-state index >= 15 is 0 Å². The summed E-state index contributed by atoms with van der Waals surface area (Å²) in [6.45, 7) is 3.65. The predicted molar refractivity (Wildman–Crippen MR) is 76.2 cm³/mol. The molecule has 1 heterocycles. The van der Waals surface area contributed by atoms with Crippen LogP contribution in [-0.2, 0) is 7.05 Å². The molecule has 96 valence electrons. The summed E-state index contributed by atoms with van der Waals surface area (Å²) in [5, 5.41) is 4.25. The van der Waals surface area contributed by atoms with Gasteiger partial charge >= 0.3 is 29.6 Å². The Morgan fingerprint density at radius 1 is 1.32 bits per heavy atom. The van der Waals surface area contributed by atoms with Crippen molar-refractivity contribution in [3.05, 3.63) is 41.6 Å². The fourth-order valence-electron chi connectivity index (χ4n) is 1.85. The summed E-state index contributed by atoms with van der Waals surface area (Å²) in [6.07, 6.45) is 0.442. The van der Waals surface area contributed by atoms with Gasteiger partial charge < -0.3 is 4.74 Å². The quantitative estimate of drug-likeness (QED) is 0.632. The molecule has 0 fully saturated rings. The number of hydrogen-bond acceptors (Lipinski definition) is 3. The molecule has 1 aromatic carbocycles. The Labute approximate surface area is 135 Å². The maximum atomic E-state index is 11.9. The first-order valence-corrected chi connectivity index (χ1v) is 5.93. The molecule has 0 bridgehead atoms. The number of carbonyl (C=O) groups is 1. The molecule has 0 amide bonds. The van der Waals surface area contributed by atoms with Gasteiger partial charge in [-0.15, -0.1) is 0 Å². The number of nitrogens with zero attached hydrogens (tertiary/aromatic N) is 2. The van der Waals surface area contributed by atoms with E-state index in [2.05, 4.69) is 5.10 Å². The number of carbonyl (C=O) groups excluding carboxylic acids is 1. The van der Waals surface area contributed by atoms with Crippen LogP contribution in [0, 0.1) is 6.92 Å². The standard InChI is InChI=1S/C14H16N2O2.Na.H/c1-4-12(17)13-10(2)15-16(3)14(13)18-11-8-6-5-7-9-11;;/h5-9H,4H2,1-3H3;;. The summed E-state index contributed by atoms with van der Waals surface area (Å²) in [6, 6.07) is 9.39. The summed E-state index contributed by atoms with van der Waals surface area (Å²) in [5.74, 6) is 1.25. The molecule has 2 aromatic rings. The monoisotopic (exact) mass is 268 g/mol. The van der Waals surface area contributed by atoms with Crippen molar-refractivity contribution in [2.75, 3.05) is 0 Å². The molecule has 19 heavy (non-hydrogen) atoms. The van der Waals surface area contributed by atoms with Gasteiger partial charge in [-0.1, -0.05) is 25.1 Å². The Morgan fingerprint density at radius 3 is 2.53 bits per heavy atom. The van der Waals surface area contributed by atoms with Crippen LogP contribution >= 0.6 is 0 Å². The molecule has 0 aliphatic carbocycles. The Bertz CT molecular complexity index is 564. The van der Waals surface area contributed by atoms with Gasteiger partial charge in [-0.25, -0.2) is 4.68 Å². The molecule has 0 aliphatic heterocycles. The van der Waals surface area contributed by atoms with Gasteiger partial charge in [0.15, 0.2) is 5.78 Å². The Kier molecular flexibility index (Phi) is 5.79. The van der Waals surface area contributed by atoms with E-state index in [9.17, 15) is 4.79 Å². The number of aryl methyl sites for hydroxylation is 2. The molecule has 0 saturated heterocycles. The second-order valence-electron chi connectivity index (χ2n) is 4.08. The molecule has 0 N–H and O–H groups in total. The SMILES string of the molecule is CCC(=O)c1c(C)nn(C)c1Oc1ccccc1.[NaH]. The van der Waals surface area contributed by atoms with Gasteiger partial charge in [-0.05, 0) is 19.1 Å². The van der Waals surface area contributed by atoms with Gasteiger partial charge in [0.25, 0.3) is 0 Å². The molecule has 5 heteroatoms. The van der Waals surface area contributed by atoms with Crippen molar-refractivity contribution in [2.45, 2.75) is 20.3 Å². The Hall–Kier alpha value is -1.10. The molecule has 0 atom stereocenters. The van der Waals surface area contributed by atoms with Crippen LogP contribution in [0.5, 0.6) is 11.6 Å². The van der Waals surface area contributed by atoms with Crippen LogP contribution in [-0.4, -0.2) is 45.1 Å². The van der Waals surface area contributed by atoms with Crippen LogP contribution in [0.3, 0.4) is 0 Å². The first-order chi connectivity index (χ1) is 8.63. The maximum absolute atomic E-state index is 11.9. The van der Waals surface area contributed by atoms with Crippen molar-refractivity contribution in [3.63, 3.8) is 0 Å². The summed E-state index contributed by atoms with van der Waals surface area (Å²) in [7, 11) is 1.78. The number of ether oxygens (including phenoxy) is 1. The number of hydrogen-bond donors (Lipinski definition) is 0. The minimum atomic E-state index is 0. The van der Waals surface area contributed by atoms with Crippen LogP contribution in [0.25, 0.3) is 0 Å². The molecule has 1 aromatic heterocycles. The molecule has 0 saturated carbocycles. The van der Waals surface area contributed by atoms with Crippen molar-refractivity contribution in [1.29, 1.82) is 0 Å². The van der Waals surface area contributed by atoms with E-state index in [-0.39, 0.29) is 35.3 Å². The van der Waals surface area contributed by atoms with Crippen molar-refractivity contribution in [3.8, 4) is 11.6 Å². The normalized spacial score (nSPS) is 9.84. The number of para-hydroxylation sites is 1. The van der Waals surface area contributed by atoms with E-state index < -0.39 is 0 Å². The van der Waals surface area contributed by atoms with E-state index in [1.807, 2.05) is 44.2 Å². The van der Waals surface area contributed by atoms with Crippen molar-refractivity contribution in [2.24, 2.45) is 7.05 Å². The van der Waals surface area contributed by atoms with Crippen LogP contribution in [0.1, 0.15) is 29.4 Å². The van der Waals surface area contributed by atoms with E-state index in [4.69, 9.17) is 4.74 Å². The second-order valence-corrected chi connectivity index (χ2v) is 4.08. The summed E-state index contributed by atoms with van der Waals surface area (Å²) < 4.78 is 7.37. The predicted octanol–water partition coefficient (Wildman–Crippen LogP) is 2.47. The number of rotatable bonds is 4. The van der Waals surface area contributed by atoms with Gasteiger partial charge in [-0.2, -0.15) is 5.10 Å². The fourth-order valence-corrected chi connectivity index (χ4v) is 1.85. The van der Waals surface area contributed by atoms with Crippen LogP contribution in [0.15, 0.2) is 30.3 Å². The average molecular weight is 268 g/mol. The average Bonchev–Trinajstić information content (AvgIpc) is 2.65. The molecule has 0 spiro atoms. The van der Waals surface area contributed by atoms with Crippen LogP contribution in [0.2, 0.25) is 0 Å². The molecule has 0 radical (unpaired) electrons. The molecular formula is C14H17N2NaO2. The third kappa shape index (κ3) is 3.47. The van der Waals surface area contributed by atoms with E-state index in [1.165, 1.54) is 0 Å². The number of Topliss-reactive ketones (excluding diaryl/α,β-unsaturated/α-hetero) is 1. The van der Waals surface area contributed by atoms with Crippen molar-refractivity contribution < 1.29 is 9.53 Å². The Morgan fingerprint density at radius 2 is 1.95 bits per heavy atom. The number of aromatic nitrogens is 2. The van der Waals surface area contributed by atoms with Gasteiger partial charge in [0.05, 0.1) is 5.69 Å². The molecule has 0 unspecified atom stereocenters.